The third kappa shape index (κ3) is 3.57. The van der Waals surface area contributed by atoms with E-state index in [1.807, 2.05) is 64.8 Å². The molecule has 0 aliphatic carbocycles. The highest BCUT2D eigenvalue weighted by Crippen LogP contribution is 2.28. The van der Waals surface area contributed by atoms with Crippen LogP contribution in [0.2, 0.25) is 0 Å². The maximum absolute atomic E-state index is 13.2. The molecule has 0 N–H and O–H groups in total. The summed E-state index contributed by atoms with van der Waals surface area (Å²) in [6.45, 7) is 0. The molecule has 9 heteroatoms. The molecule has 0 bridgehead atoms. The van der Waals surface area contributed by atoms with Crippen LogP contribution in [0.5, 0.6) is 0 Å². The molecule has 2 aromatic carbocycles. The molecule has 160 valence electrons. The van der Waals surface area contributed by atoms with Crippen LogP contribution in [0.25, 0.3) is 38.7 Å². The Kier molecular flexibility index (Phi) is 4.70. The summed E-state index contributed by atoms with van der Waals surface area (Å²) in [6.07, 6.45) is 3.76. The van der Waals surface area contributed by atoms with E-state index in [0.29, 0.717) is 20.9 Å². The fourth-order valence-corrected chi connectivity index (χ4v) is 5.14. The van der Waals surface area contributed by atoms with Crippen molar-refractivity contribution in [3.8, 4) is 27.6 Å². The molecule has 6 rings (SSSR count). The van der Waals surface area contributed by atoms with Crippen LogP contribution in [0.4, 0.5) is 4.39 Å². The summed E-state index contributed by atoms with van der Waals surface area (Å²) in [5.41, 5.74) is 2.98. The number of thiazole rings is 1. The second-order valence-corrected chi connectivity index (χ2v) is 9.20. The van der Waals surface area contributed by atoms with Crippen molar-refractivity contribution in [2.24, 2.45) is 0 Å². The molecule has 0 saturated carbocycles. The van der Waals surface area contributed by atoms with E-state index >= 15 is 0 Å². The Morgan fingerprint density at radius 1 is 0.939 bits per heavy atom. The van der Waals surface area contributed by atoms with Gasteiger partial charge in [-0.2, -0.15) is 14.6 Å². The second kappa shape index (κ2) is 7.88. The van der Waals surface area contributed by atoms with Gasteiger partial charge in [-0.25, -0.2) is 9.07 Å². The number of benzene rings is 2. The summed E-state index contributed by atoms with van der Waals surface area (Å²) in [7, 11) is 0. The molecule has 0 aliphatic rings. The Morgan fingerprint density at radius 2 is 1.76 bits per heavy atom. The van der Waals surface area contributed by atoms with E-state index in [1.54, 1.807) is 23.5 Å². The Bertz CT molecular complexity index is 1680. The zero-order chi connectivity index (χ0) is 22.4. The fraction of sp³-hybridized carbons (Fsp3) is 0. The molecule has 0 amide bonds. The van der Waals surface area contributed by atoms with Crippen LogP contribution < -0.4 is 10.1 Å². The lowest BCUT2D eigenvalue weighted by atomic mass is 10.2. The van der Waals surface area contributed by atoms with Gasteiger partial charge in [-0.15, -0.1) is 16.4 Å². The van der Waals surface area contributed by atoms with Crippen LogP contribution in [0, 0.1) is 5.82 Å². The van der Waals surface area contributed by atoms with Crippen LogP contribution in [0.3, 0.4) is 0 Å². The Morgan fingerprint density at radius 3 is 2.48 bits per heavy atom. The molecular formula is C24H14FN5OS2. The molecule has 0 unspecified atom stereocenters. The first-order valence-electron chi connectivity index (χ1n) is 10.0. The maximum Gasteiger partial charge on any atom is 0.291 e. The standard InChI is InChI=1S/C24H14FN5OS2/c25-17-10-8-15(9-11-17)22-26-24-30(28-22)23(31)20(33-24)13-16-14-29(18-5-2-1-3-6-18)27-21(16)19-7-4-12-32-19/h1-14H. The third-order valence-corrected chi connectivity index (χ3v) is 6.92. The Labute approximate surface area is 194 Å². The van der Waals surface area contributed by atoms with Crippen molar-refractivity contribution >= 4 is 33.7 Å². The number of nitrogens with zero attached hydrogens (tertiary/aromatic N) is 5. The number of para-hydroxylation sites is 1. The molecule has 0 fully saturated rings. The van der Waals surface area contributed by atoms with E-state index in [-0.39, 0.29) is 11.4 Å². The lowest BCUT2D eigenvalue weighted by Gasteiger charge is -1.99. The highest BCUT2D eigenvalue weighted by atomic mass is 32.1. The van der Waals surface area contributed by atoms with Crippen molar-refractivity contribution in [1.82, 2.24) is 24.4 Å². The summed E-state index contributed by atoms with van der Waals surface area (Å²) in [6, 6.07) is 19.7. The third-order valence-electron chi connectivity index (χ3n) is 5.09. The van der Waals surface area contributed by atoms with Gasteiger partial charge < -0.3 is 0 Å². The predicted octanol–water partition coefficient (Wildman–Crippen LogP) is 4.42. The average Bonchev–Trinajstić information content (AvgIpc) is 3.62. The van der Waals surface area contributed by atoms with Gasteiger partial charge in [-0.3, -0.25) is 4.79 Å². The molecule has 4 heterocycles. The molecule has 0 radical (unpaired) electrons. The minimum atomic E-state index is -0.334. The molecule has 0 atom stereocenters. The van der Waals surface area contributed by atoms with E-state index in [1.165, 1.54) is 28.0 Å². The first-order chi connectivity index (χ1) is 16.2. The molecule has 0 saturated heterocycles. The summed E-state index contributed by atoms with van der Waals surface area (Å²) in [5, 5.41) is 11.1. The average molecular weight is 472 g/mol. The van der Waals surface area contributed by atoms with Crippen LogP contribution in [0.15, 0.2) is 83.1 Å². The van der Waals surface area contributed by atoms with E-state index in [2.05, 4.69) is 10.1 Å². The summed E-state index contributed by atoms with van der Waals surface area (Å²) < 4.78 is 16.8. The highest BCUT2D eigenvalue weighted by Gasteiger charge is 2.15. The normalized spacial score (nSPS) is 12.1. The first-order valence-corrected chi connectivity index (χ1v) is 11.7. The van der Waals surface area contributed by atoms with Gasteiger partial charge in [0, 0.05) is 17.3 Å². The van der Waals surface area contributed by atoms with Gasteiger partial charge in [0.1, 0.15) is 11.5 Å². The fourth-order valence-electron chi connectivity index (χ4n) is 3.51. The van der Waals surface area contributed by atoms with Gasteiger partial charge in [-0.05, 0) is 53.9 Å². The highest BCUT2D eigenvalue weighted by molar-refractivity contribution is 7.15. The van der Waals surface area contributed by atoms with Crippen LogP contribution in [0.1, 0.15) is 5.56 Å². The summed E-state index contributed by atoms with van der Waals surface area (Å²) >= 11 is 2.86. The molecule has 0 spiro atoms. The number of fused-ring (bicyclic) bond motifs is 1. The SMILES string of the molecule is O=c1c(=Cc2cn(-c3ccccc3)nc2-c2cccs2)sc2nc(-c3ccc(F)cc3)nn12. The lowest BCUT2D eigenvalue weighted by molar-refractivity contribution is 0.628. The topological polar surface area (TPSA) is 65.1 Å². The number of thiophene rings is 1. The van der Waals surface area contributed by atoms with E-state index in [4.69, 9.17) is 5.10 Å². The van der Waals surface area contributed by atoms with Crippen LogP contribution >= 0.6 is 22.7 Å². The number of rotatable bonds is 4. The monoisotopic (exact) mass is 471 g/mol. The van der Waals surface area contributed by atoms with Crippen molar-refractivity contribution in [2.45, 2.75) is 0 Å². The van der Waals surface area contributed by atoms with Crippen LogP contribution in [-0.2, 0) is 0 Å². The smallest absolute Gasteiger partial charge is 0.266 e. The van der Waals surface area contributed by atoms with Crippen molar-refractivity contribution in [2.75, 3.05) is 0 Å². The first kappa shape index (κ1) is 19.7. The lowest BCUT2D eigenvalue weighted by Crippen LogP contribution is -2.23. The zero-order valence-corrected chi connectivity index (χ0v) is 18.6. The molecule has 6 nitrogen and oxygen atoms in total. The number of halogens is 1. The molecule has 6 aromatic rings. The minimum Gasteiger partial charge on any atom is -0.266 e. The zero-order valence-electron chi connectivity index (χ0n) is 16.9. The number of aromatic nitrogens is 5. The minimum absolute atomic E-state index is 0.250. The largest absolute Gasteiger partial charge is 0.291 e. The Hall–Kier alpha value is -3.95. The summed E-state index contributed by atoms with van der Waals surface area (Å²) in [4.78, 5) is 19.0. The van der Waals surface area contributed by atoms with E-state index < -0.39 is 0 Å². The van der Waals surface area contributed by atoms with Crippen LogP contribution in [-0.4, -0.2) is 24.4 Å². The molecule has 33 heavy (non-hydrogen) atoms. The van der Waals surface area contributed by atoms with Gasteiger partial charge in [0.2, 0.25) is 4.96 Å². The predicted molar refractivity (Wildman–Crippen MR) is 128 cm³/mol. The van der Waals surface area contributed by atoms with Crippen molar-refractivity contribution < 1.29 is 4.39 Å². The molecular weight excluding hydrogens is 457 g/mol. The van der Waals surface area contributed by atoms with Gasteiger partial charge in [0.15, 0.2) is 5.82 Å². The van der Waals surface area contributed by atoms with Gasteiger partial charge in [0.05, 0.1) is 15.1 Å². The van der Waals surface area contributed by atoms with Crippen molar-refractivity contribution in [3.05, 3.63) is 105 Å². The quantitative estimate of drug-likeness (QED) is 0.382. The molecule has 0 aliphatic heterocycles. The summed E-state index contributed by atoms with van der Waals surface area (Å²) in [5.74, 6) is 0.0554. The number of hydrogen-bond donors (Lipinski definition) is 0. The molecule has 4 aromatic heterocycles. The number of hydrogen-bond acceptors (Lipinski definition) is 6. The van der Waals surface area contributed by atoms with Crippen molar-refractivity contribution in [3.63, 3.8) is 0 Å². The van der Waals surface area contributed by atoms with Crippen molar-refractivity contribution in [1.29, 1.82) is 0 Å². The maximum atomic E-state index is 13.2. The van der Waals surface area contributed by atoms with E-state index in [9.17, 15) is 9.18 Å². The van der Waals surface area contributed by atoms with E-state index in [0.717, 1.165) is 21.8 Å². The Balaban J connectivity index is 1.47. The van der Waals surface area contributed by atoms with Gasteiger partial charge in [-0.1, -0.05) is 35.6 Å². The van der Waals surface area contributed by atoms with Gasteiger partial charge in [0.25, 0.3) is 5.56 Å². The van der Waals surface area contributed by atoms with Gasteiger partial charge >= 0.3 is 0 Å². The second-order valence-electron chi connectivity index (χ2n) is 7.24.